The topological polar surface area (TPSA) is 38.3 Å². The fourth-order valence-corrected chi connectivity index (χ4v) is 2.21. The van der Waals surface area contributed by atoms with E-state index in [0.29, 0.717) is 5.56 Å². The van der Waals surface area contributed by atoms with Crippen molar-refractivity contribution in [2.45, 2.75) is 6.23 Å². The minimum atomic E-state index is -0.408. The van der Waals surface area contributed by atoms with Crippen LogP contribution in [-0.2, 0) is 4.74 Å². The molecule has 3 nitrogen and oxygen atoms in total. The maximum Gasteiger partial charge on any atom is 0.340 e. The fourth-order valence-electron chi connectivity index (χ4n) is 1.95. The second-order valence-corrected chi connectivity index (χ2v) is 4.94. The Morgan fingerprint density at radius 1 is 1.06 bits per heavy atom. The maximum absolute atomic E-state index is 11.7. The quantitative estimate of drug-likeness (QED) is 0.859. The molecular weight excluding hydrogens is 294 g/mol. The molecule has 0 saturated heterocycles. The standard InChI is InChI=1S/C14H10BrNO2/c15-9-5-7-10(8-6-9)16-13-11-3-1-2-4-12(11)14(17)18-13/h1-8,13,16H/t13-/m1/s1. The Morgan fingerprint density at radius 3 is 2.56 bits per heavy atom. The van der Waals surface area contributed by atoms with Crippen molar-refractivity contribution in [2.24, 2.45) is 0 Å². The normalized spacial score (nSPS) is 17.2. The Labute approximate surface area is 113 Å². The zero-order valence-electron chi connectivity index (χ0n) is 9.39. The highest BCUT2D eigenvalue weighted by Gasteiger charge is 2.30. The van der Waals surface area contributed by atoms with Crippen LogP contribution in [0.3, 0.4) is 0 Å². The van der Waals surface area contributed by atoms with Crippen molar-refractivity contribution in [1.29, 1.82) is 0 Å². The van der Waals surface area contributed by atoms with E-state index >= 15 is 0 Å². The Bertz CT molecular complexity index is 595. The first-order valence-electron chi connectivity index (χ1n) is 5.56. The lowest BCUT2D eigenvalue weighted by Gasteiger charge is -2.14. The Balaban J connectivity index is 1.87. The molecule has 2 aromatic rings. The van der Waals surface area contributed by atoms with E-state index in [-0.39, 0.29) is 5.97 Å². The monoisotopic (exact) mass is 303 g/mol. The highest BCUT2D eigenvalue weighted by molar-refractivity contribution is 9.10. The number of rotatable bonds is 2. The SMILES string of the molecule is O=C1O[C@@H](Nc2ccc(Br)cc2)c2ccccc21. The van der Waals surface area contributed by atoms with Gasteiger partial charge in [0.2, 0.25) is 6.23 Å². The molecule has 3 rings (SSSR count). The summed E-state index contributed by atoms with van der Waals surface area (Å²) in [5.74, 6) is -0.278. The molecule has 0 spiro atoms. The van der Waals surface area contributed by atoms with Crippen molar-refractivity contribution < 1.29 is 9.53 Å². The first kappa shape index (κ1) is 11.3. The lowest BCUT2D eigenvalue weighted by molar-refractivity contribution is 0.0437. The van der Waals surface area contributed by atoms with Crippen LogP contribution in [0, 0.1) is 0 Å². The molecule has 0 bridgehead atoms. The fraction of sp³-hybridized carbons (Fsp3) is 0.0714. The summed E-state index contributed by atoms with van der Waals surface area (Å²) in [5, 5.41) is 3.19. The van der Waals surface area contributed by atoms with Gasteiger partial charge >= 0.3 is 5.97 Å². The summed E-state index contributed by atoms with van der Waals surface area (Å²) in [5.41, 5.74) is 2.42. The van der Waals surface area contributed by atoms with Crippen molar-refractivity contribution in [2.75, 3.05) is 5.32 Å². The van der Waals surface area contributed by atoms with Crippen LogP contribution in [-0.4, -0.2) is 5.97 Å². The molecule has 0 amide bonds. The van der Waals surface area contributed by atoms with Gasteiger partial charge in [-0.1, -0.05) is 34.1 Å². The number of fused-ring (bicyclic) bond motifs is 1. The van der Waals surface area contributed by atoms with Crippen LogP contribution in [0.1, 0.15) is 22.1 Å². The molecule has 0 radical (unpaired) electrons. The van der Waals surface area contributed by atoms with Gasteiger partial charge in [0.1, 0.15) is 0 Å². The predicted molar refractivity (Wildman–Crippen MR) is 72.4 cm³/mol. The zero-order chi connectivity index (χ0) is 12.5. The first-order valence-corrected chi connectivity index (χ1v) is 6.35. The number of halogens is 1. The number of carbonyl (C=O) groups is 1. The highest BCUT2D eigenvalue weighted by atomic mass is 79.9. The van der Waals surface area contributed by atoms with Gasteiger partial charge in [0.05, 0.1) is 5.56 Å². The molecule has 1 heterocycles. The molecule has 90 valence electrons. The summed E-state index contributed by atoms with van der Waals surface area (Å²) in [6, 6.07) is 15.1. The van der Waals surface area contributed by atoms with E-state index in [1.807, 2.05) is 42.5 Å². The predicted octanol–water partition coefficient (Wildman–Crippen LogP) is 3.73. The average molecular weight is 304 g/mol. The van der Waals surface area contributed by atoms with Gasteiger partial charge in [-0.15, -0.1) is 0 Å². The third kappa shape index (κ3) is 1.99. The van der Waals surface area contributed by atoms with Crippen LogP contribution >= 0.6 is 15.9 Å². The number of cyclic esters (lactones) is 1. The lowest BCUT2D eigenvalue weighted by Crippen LogP contribution is -2.10. The van der Waals surface area contributed by atoms with Gasteiger partial charge < -0.3 is 10.1 Å². The van der Waals surface area contributed by atoms with E-state index in [0.717, 1.165) is 15.7 Å². The summed E-state index contributed by atoms with van der Waals surface area (Å²) in [6.07, 6.45) is -0.408. The van der Waals surface area contributed by atoms with E-state index in [4.69, 9.17) is 4.74 Å². The van der Waals surface area contributed by atoms with Crippen molar-refractivity contribution in [1.82, 2.24) is 0 Å². The molecule has 1 aliphatic heterocycles. The van der Waals surface area contributed by atoms with Gasteiger partial charge in [-0.3, -0.25) is 0 Å². The minimum Gasteiger partial charge on any atom is -0.434 e. The molecule has 0 aromatic heterocycles. The van der Waals surface area contributed by atoms with E-state index in [1.165, 1.54) is 0 Å². The Morgan fingerprint density at radius 2 is 1.78 bits per heavy atom. The smallest absolute Gasteiger partial charge is 0.340 e. The van der Waals surface area contributed by atoms with Gasteiger partial charge in [0.15, 0.2) is 0 Å². The number of carbonyl (C=O) groups excluding carboxylic acids is 1. The highest BCUT2D eigenvalue weighted by Crippen LogP contribution is 2.31. The second kappa shape index (κ2) is 4.46. The Hall–Kier alpha value is -1.81. The number of ether oxygens (including phenoxy) is 1. The number of hydrogen-bond donors (Lipinski definition) is 1. The van der Waals surface area contributed by atoms with E-state index in [1.54, 1.807) is 6.07 Å². The van der Waals surface area contributed by atoms with Crippen LogP contribution in [0.15, 0.2) is 53.0 Å². The van der Waals surface area contributed by atoms with Crippen LogP contribution in [0.25, 0.3) is 0 Å². The molecule has 4 heteroatoms. The number of esters is 1. The molecule has 2 aromatic carbocycles. The molecular formula is C14H10BrNO2. The van der Waals surface area contributed by atoms with Gasteiger partial charge in [-0.05, 0) is 30.3 Å². The van der Waals surface area contributed by atoms with Crippen LogP contribution in [0.2, 0.25) is 0 Å². The van der Waals surface area contributed by atoms with Crippen LogP contribution in [0.5, 0.6) is 0 Å². The molecule has 1 aliphatic rings. The van der Waals surface area contributed by atoms with E-state index in [2.05, 4.69) is 21.2 Å². The molecule has 0 fully saturated rings. The zero-order valence-corrected chi connectivity index (χ0v) is 11.0. The minimum absolute atomic E-state index is 0.278. The van der Waals surface area contributed by atoms with E-state index < -0.39 is 6.23 Å². The molecule has 0 unspecified atom stereocenters. The summed E-state index contributed by atoms with van der Waals surface area (Å²) < 4.78 is 6.32. The molecule has 18 heavy (non-hydrogen) atoms. The molecule has 0 aliphatic carbocycles. The number of nitrogens with one attached hydrogen (secondary N) is 1. The summed E-state index contributed by atoms with van der Waals surface area (Å²) in [4.78, 5) is 11.7. The molecule has 0 saturated carbocycles. The van der Waals surface area contributed by atoms with Gasteiger partial charge in [0.25, 0.3) is 0 Å². The second-order valence-electron chi connectivity index (χ2n) is 4.02. The summed E-state index contributed by atoms with van der Waals surface area (Å²) in [7, 11) is 0. The maximum atomic E-state index is 11.7. The number of hydrogen-bond acceptors (Lipinski definition) is 3. The van der Waals surface area contributed by atoms with Gasteiger partial charge in [-0.2, -0.15) is 0 Å². The van der Waals surface area contributed by atoms with Crippen molar-refractivity contribution in [3.63, 3.8) is 0 Å². The van der Waals surface area contributed by atoms with Crippen molar-refractivity contribution in [3.05, 3.63) is 64.1 Å². The molecule has 1 N–H and O–H groups in total. The summed E-state index contributed by atoms with van der Waals surface area (Å²) >= 11 is 3.38. The average Bonchev–Trinajstić information content (AvgIpc) is 2.70. The van der Waals surface area contributed by atoms with Crippen LogP contribution in [0.4, 0.5) is 5.69 Å². The lowest BCUT2D eigenvalue weighted by atomic mass is 10.1. The first-order chi connectivity index (χ1) is 8.74. The van der Waals surface area contributed by atoms with Crippen molar-refractivity contribution in [3.8, 4) is 0 Å². The van der Waals surface area contributed by atoms with Gasteiger partial charge in [-0.25, -0.2) is 4.79 Å². The van der Waals surface area contributed by atoms with E-state index in [9.17, 15) is 4.79 Å². The molecule has 1 atom stereocenters. The van der Waals surface area contributed by atoms with Gasteiger partial charge in [0, 0.05) is 15.7 Å². The third-order valence-corrected chi connectivity index (χ3v) is 3.36. The largest absolute Gasteiger partial charge is 0.434 e. The number of anilines is 1. The third-order valence-electron chi connectivity index (χ3n) is 2.83. The van der Waals surface area contributed by atoms with Crippen LogP contribution < -0.4 is 5.32 Å². The summed E-state index contributed by atoms with van der Waals surface area (Å²) in [6.45, 7) is 0. The Kier molecular flexibility index (Phi) is 2.80. The number of benzene rings is 2. The van der Waals surface area contributed by atoms with Crippen molar-refractivity contribution >= 4 is 27.6 Å².